The number of nitrogens with one attached hydrogen (secondary N) is 1. The van der Waals surface area contributed by atoms with Crippen LogP contribution in [-0.4, -0.2) is 15.9 Å². The second-order valence-electron chi connectivity index (χ2n) is 4.55. The minimum Gasteiger partial charge on any atom is -0.309 e. The largest absolute Gasteiger partial charge is 0.309 e. The molecule has 0 fully saturated rings. The van der Waals surface area contributed by atoms with E-state index in [4.69, 9.17) is 0 Å². The Morgan fingerprint density at radius 3 is 3.05 bits per heavy atom. The predicted octanol–water partition coefficient (Wildman–Crippen LogP) is 3.74. The molecular weight excluding hydrogens is 274 g/mol. The van der Waals surface area contributed by atoms with Gasteiger partial charge in [-0.3, -0.25) is 4.40 Å². The van der Waals surface area contributed by atoms with Crippen molar-refractivity contribution >= 4 is 27.6 Å². The minimum absolute atomic E-state index is 0.379. The third kappa shape index (κ3) is 2.88. The molecule has 3 heterocycles. The van der Waals surface area contributed by atoms with E-state index in [1.807, 2.05) is 11.3 Å². The summed E-state index contributed by atoms with van der Waals surface area (Å²) in [6.07, 6.45) is 6.31. The molecule has 0 radical (unpaired) electrons. The molecule has 3 aromatic rings. The third-order valence-corrected chi connectivity index (χ3v) is 4.84. The topological polar surface area (TPSA) is 29.3 Å². The highest BCUT2D eigenvalue weighted by atomic mass is 32.1. The maximum atomic E-state index is 4.68. The van der Waals surface area contributed by atoms with Crippen molar-refractivity contribution in [2.75, 3.05) is 6.54 Å². The van der Waals surface area contributed by atoms with E-state index in [2.05, 4.69) is 56.9 Å². The van der Waals surface area contributed by atoms with Crippen LogP contribution in [-0.2, 0) is 6.42 Å². The second-order valence-corrected chi connectivity index (χ2v) is 6.40. The van der Waals surface area contributed by atoms with Crippen LogP contribution < -0.4 is 5.32 Å². The molecule has 3 aromatic heterocycles. The highest BCUT2D eigenvalue weighted by Crippen LogP contribution is 2.23. The average Bonchev–Trinajstić information content (AvgIpc) is 3.09. The molecule has 1 unspecified atom stereocenters. The number of imidazole rings is 1. The van der Waals surface area contributed by atoms with Crippen LogP contribution in [0, 0.1) is 0 Å². The van der Waals surface area contributed by atoms with Crippen LogP contribution in [0.4, 0.5) is 0 Å². The lowest BCUT2D eigenvalue weighted by Gasteiger charge is -2.15. The van der Waals surface area contributed by atoms with Crippen LogP contribution in [0.5, 0.6) is 0 Å². The van der Waals surface area contributed by atoms with Gasteiger partial charge in [0.05, 0.1) is 5.69 Å². The quantitative estimate of drug-likeness (QED) is 0.749. The van der Waals surface area contributed by atoms with Gasteiger partial charge < -0.3 is 5.32 Å². The van der Waals surface area contributed by atoms with Crippen molar-refractivity contribution < 1.29 is 0 Å². The van der Waals surface area contributed by atoms with Crippen LogP contribution >= 0.6 is 22.7 Å². The second kappa shape index (κ2) is 5.86. The monoisotopic (exact) mass is 291 g/mol. The van der Waals surface area contributed by atoms with Crippen molar-refractivity contribution in [3.8, 4) is 0 Å². The first-order valence-electron chi connectivity index (χ1n) is 6.54. The number of thiophene rings is 1. The van der Waals surface area contributed by atoms with E-state index in [1.165, 1.54) is 4.88 Å². The van der Waals surface area contributed by atoms with Crippen LogP contribution in [0.3, 0.4) is 0 Å². The maximum absolute atomic E-state index is 4.68. The van der Waals surface area contributed by atoms with Gasteiger partial charge in [-0.2, -0.15) is 0 Å². The molecular formula is C14H17N3S2. The first-order valence-corrected chi connectivity index (χ1v) is 8.30. The molecule has 3 rings (SSSR count). The predicted molar refractivity (Wildman–Crippen MR) is 82.1 cm³/mol. The fourth-order valence-electron chi connectivity index (χ4n) is 2.17. The zero-order valence-electron chi connectivity index (χ0n) is 10.9. The summed E-state index contributed by atoms with van der Waals surface area (Å²) >= 11 is 3.50. The molecule has 0 aliphatic carbocycles. The molecule has 0 saturated heterocycles. The Morgan fingerprint density at radius 2 is 2.32 bits per heavy atom. The highest BCUT2D eigenvalue weighted by Gasteiger charge is 2.14. The summed E-state index contributed by atoms with van der Waals surface area (Å²) < 4.78 is 2.10. The Labute approximate surface area is 120 Å². The molecule has 0 aliphatic rings. The minimum atomic E-state index is 0.379. The Hall–Kier alpha value is -1.17. The smallest absolute Gasteiger partial charge is 0.193 e. The SMILES string of the molecule is CCCNC(Cc1cn2ccsc2n1)c1cccs1. The Bertz CT molecular complexity index is 596. The zero-order chi connectivity index (χ0) is 13.1. The standard InChI is InChI=1S/C14H17N3S2/c1-2-5-15-12(13-4-3-7-18-13)9-11-10-17-6-8-19-14(17)16-11/h3-4,6-8,10,12,15H,2,5,9H2,1H3. The van der Waals surface area contributed by atoms with E-state index in [0.717, 1.165) is 30.0 Å². The molecule has 100 valence electrons. The maximum Gasteiger partial charge on any atom is 0.193 e. The van der Waals surface area contributed by atoms with E-state index < -0.39 is 0 Å². The fourth-order valence-corrected chi connectivity index (χ4v) is 3.69. The molecule has 0 aliphatic heterocycles. The zero-order valence-corrected chi connectivity index (χ0v) is 12.5. The van der Waals surface area contributed by atoms with Crippen LogP contribution in [0.15, 0.2) is 35.3 Å². The van der Waals surface area contributed by atoms with Gasteiger partial charge in [-0.1, -0.05) is 13.0 Å². The van der Waals surface area contributed by atoms with Gasteiger partial charge in [0.1, 0.15) is 0 Å². The number of thiazole rings is 1. The summed E-state index contributed by atoms with van der Waals surface area (Å²) in [4.78, 5) is 7.15. The van der Waals surface area contributed by atoms with Gasteiger partial charge in [0.25, 0.3) is 0 Å². The molecule has 3 nitrogen and oxygen atoms in total. The van der Waals surface area contributed by atoms with E-state index in [-0.39, 0.29) is 0 Å². The van der Waals surface area contributed by atoms with Gasteiger partial charge in [-0.25, -0.2) is 4.98 Å². The number of fused-ring (bicyclic) bond motifs is 1. The Balaban J connectivity index is 1.78. The lowest BCUT2D eigenvalue weighted by Crippen LogP contribution is -2.23. The molecule has 1 atom stereocenters. The first-order chi connectivity index (χ1) is 9.36. The van der Waals surface area contributed by atoms with Gasteiger partial charge in [0, 0.05) is 35.1 Å². The van der Waals surface area contributed by atoms with Gasteiger partial charge in [0.2, 0.25) is 0 Å². The van der Waals surface area contributed by atoms with Crippen LogP contribution in [0.1, 0.15) is 30.0 Å². The number of hydrogen-bond acceptors (Lipinski definition) is 4. The number of rotatable bonds is 6. The fraction of sp³-hybridized carbons (Fsp3) is 0.357. The molecule has 0 saturated carbocycles. The van der Waals surface area contributed by atoms with Crippen LogP contribution in [0.2, 0.25) is 0 Å². The van der Waals surface area contributed by atoms with Gasteiger partial charge >= 0.3 is 0 Å². The lowest BCUT2D eigenvalue weighted by molar-refractivity contribution is 0.532. The molecule has 0 amide bonds. The Morgan fingerprint density at radius 1 is 1.37 bits per heavy atom. The van der Waals surface area contributed by atoms with Gasteiger partial charge in [0.15, 0.2) is 4.96 Å². The van der Waals surface area contributed by atoms with Crippen molar-refractivity contribution in [2.24, 2.45) is 0 Å². The molecule has 19 heavy (non-hydrogen) atoms. The van der Waals surface area contributed by atoms with E-state index in [9.17, 15) is 0 Å². The van der Waals surface area contributed by atoms with Gasteiger partial charge in [-0.15, -0.1) is 22.7 Å². The molecule has 5 heteroatoms. The third-order valence-electron chi connectivity index (χ3n) is 3.08. The summed E-state index contributed by atoms with van der Waals surface area (Å²) in [5.41, 5.74) is 1.16. The summed E-state index contributed by atoms with van der Waals surface area (Å²) in [5, 5.41) is 7.83. The van der Waals surface area contributed by atoms with Crippen molar-refractivity contribution in [1.29, 1.82) is 0 Å². The van der Waals surface area contributed by atoms with E-state index in [1.54, 1.807) is 11.3 Å². The number of hydrogen-bond donors (Lipinski definition) is 1. The van der Waals surface area contributed by atoms with E-state index >= 15 is 0 Å². The van der Waals surface area contributed by atoms with Gasteiger partial charge in [-0.05, 0) is 24.4 Å². The van der Waals surface area contributed by atoms with Crippen LogP contribution in [0.25, 0.3) is 4.96 Å². The molecule has 0 aromatic carbocycles. The summed E-state index contributed by atoms with van der Waals surface area (Å²) in [5.74, 6) is 0. The molecule has 0 bridgehead atoms. The highest BCUT2D eigenvalue weighted by molar-refractivity contribution is 7.15. The summed E-state index contributed by atoms with van der Waals surface area (Å²) in [7, 11) is 0. The van der Waals surface area contributed by atoms with E-state index in [0.29, 0.717) is 6.04 Å². The number of aromatic nitrogens is 2. The van der Waals surface area contributed by atoms with Crippen molar-refractivity contribution in [3.63, 3.8) is 0 Å². The average molecular weight is 291 g/mol. The molecule has 0 spiro atoms. The first kappa shape index (κ1) is 12.8. The summed E-state index contributed by atoms with van der Waals surface area (Å²) in [6, 6.07) is 4.70. The van der Waals surface area contributed by atoms with Crippen molar-refractivity contribution in [3.05, 3.63) is 45.9 Å². The van der Waals surface area contributed by atoms with Crippen molar-refractivity contribution in [1.82, 2.24) is 14.7 Å². The molecule has 1 N–H and O–H groups in total. The lowest BCUT2D eigenvalue weighted by atomic mass is 10.1. The number of nitrogens with zero attached hydrogens (tertiary/aromatic N) is 2. The Kier molecular flexibility index (Phi) is 3.96. The van der Waals surface area contributed by atoms with Crippen molar-refractivity contribution in [2.45, 2.75) is 25.8 Å². The normalized spacial score (nSPS) is 13.1. The summed E-state index contributed by atoms with van der Waals surface area (Å²) in [6.45, 7) is 3.25.